The van der Waals surface area contributed by atoms with Crippen LogP contribution in [0.4, 0.5) is 5.82 Å². The lowest BCUT2D eigenvalue weighted by Gasteiger charge is -2.32. The topological polar surface area (TPSA) is 41.1 Å². The van der Waals surface area contributed by atoms with E-state index in [1.54, 1.807) is 6.33 Å². The molecule has 0 spiro atoms. The van der Waals surface area contributed by atoms with E-state index in [2.05, 4.69) is 44.5 Å². The van der Waals surface area contributed by atoms with Crippen LogP contribution in [0.25, 0.3) is 0 Å². The Labute approximate surface area is 118 Å². The van der Waals surface area contributed by atoms with Crippen LogP contribution in [0.1, 0.15) is 22.4 Å². The van der Waals surface area contributed by atoms with E-state index in [1.807, 2.05) is 0 Å². The molecule has 102 valence electrons. The predicted octanol–water partition coefficient (Wildman–Crippen LogP) is 1.69. The van der Waals surface area contributed by atoms with Gasteiger partial charge in [0, 0.05) is 25.2 Å². The van der Waals surface area contributed by atoms with Crippen molar-refractivity contribution in [1.82, 2.24) is 15.3 Å². The number of benzene rings is 1. The maximum atomic E-state index is 4.58. The second kappa shape index (κ2) is 4.87. The van der Waals surface area contributed by atoms with E-state index in [0.717, 1.165) is 44.8 Å². The molecule has 0 saturated carbocycles. The van der Waals surface area contributed by atoms with E-state index >= 15 is 0 Å². The fourth-order valence-corrected chi connectivity index (χ4v) is 3.22. The van der Waals surface area contributed by atoms with Crippen molar-refractivity contribution < 1.29 is 0 Å². The number of hydrogen-bond donors (Lipinski definition) is 1. The summed E-state index contributed by atoms with van der Waals surface area (Å²) in [6.07, 6.45) is 3.85. The quantitative estimate of drug-likeness (QED) is 0.852. The summed E-state index contributed by atoms with van der Waals surface area (Å²) in [5, 5.41) is 3.38. The molecule has 4 rings (SSSR count). The summed E-state index contributed by atoms with van der Waals surface area (Å²) in [5.41, 5.74) is 5.42. The van der Waals surface area contributed by atoms with Gasteiger partial charge in [0.1, 0.15) is 12.1 Å². The summed E-state index contributed by atoms with van der Waals surface area (Å²) in [7, 11) is 0. The average Bonchev–Trinajstić information content (AvgIpc) is 2.54. The molecule has 1 aromatic heterocycles. The zero-order valence-corrected chi connectivity index (χ0v) is 11.5. The van der Waals surface area contributed by atoms with Crippen LogP contribution in [0.5, 0.6) is 0 Å². The molecule has 0 unspecified atom stereocenters. The van der Waals surface area contributed by atoms with Gasteiger partial charge in [-0.25, -0.2) is 9.97 Å². The van der Waals surface area contributed by atoms with Crippen LogP contribution in [0.15, 0.2) is 30.6 Å². The van der Waals surface area contributed by atoms with Crippen LogP contribution >= 0.6 is 0 Å². The van der Waals surface area contributed by atoms with Crippen molar-refractivity contribution in [2.45, 2.75) is 25.9 Å². The van der Waals surface area contributed by atoms with Gasteiger partial charge < -0.3 is 10.2 Å². The fourth-order valence-electron chi connectivity index (χ4n) is 3.22. The van der Waals surface area contributed by atoms with Crippen LogP contribution in [0.3, 0.4) is 0 Å². The van der Waals surface area contributed by atoms with Gasteiger partial charge in [-0.05, 0) is 30.5 Å². The molecular weight excluding hydrogens is 248 g/mol. The highest BCUT2D eigenvalue weighted by Crippen LogP contribution is 2.27. The number of nitrogens with zero attached hydrogens (tertiary/aromatic N) is 3. The fraction of sp³-hybridized carbons (Fsp3) is 0.375. The second-order valence-corrected chi connectivity index (χ2v) is 5.49. The van der Waals surface area contributed by atoms with Crippen LogP contribution < -0.4 is 10.2 Å². The zero-order valence-electron chi connectivity index (χ0n) is 11.5. The Morgan fingerprint density at radius 1 is 1.05 bits per heavy atom. The number of hydrogen-bond acceptors (Lipinski definition) is 4. The summed E-state index contributed by atoms with van der Waals surface area (Å²) in [6.45, 7) is 3.91. The number of anilines is 1. The van der Waals surface area contributed by atoms with Gasteiger partial charge in [-0.1, -0.05) is 24.3 Å². The molecule has 2 aromatic rings. The molecule has 20 heavy (non-hydrogen) atoms. The summed E-state index contributed by atoms with van der Waals surface area (Å²) < 4.78 is 0. The van der Waals surface area contributed by atoms with E-state index in [-0.39, 0.29) is 0 Å². The molecule has 1 aromatic carbocycles. The van der Waals surface area contributed by atoms with Gasteiger partial charge in [0.05, 0.1) is 5.69 Å². The third kappa shape index (κ3) is 1.96. The summed E-state index contributed by atoms with van der Waals surface area (Å²) >= 11 is 0. The Hall–Kier alpha value is -1.94. The molecule has 0 aliphatic carbocycles. The van der Waals surface area contributed by atoms with Crippen molar-refractivity contribution in [3.05, 3.63) is 53.0 Å². The lowest BCUT2D eigenvalue weighted by molar-refractivity contribution is 0.614. The smallest absolute Gasteiger partial charge is 0.135 e. The maximum Gasteiger partial charge on any atom is 0.135 e. The molecule has 2 aliphatic heterocycles. The van der Waals surface area contributed by atoms with Crippen molar-refractivity contribution in [2.24, 2.45) is 0 Å². The van der Waals surface area contributed by atoms with Crippen LogP contribution in [-0.4, -0.2) is 23.1 Å². The third-order valence-corrected chi connectivity index (χ3v) is 4.29. The Morgan fingerprint density at radius 3 is 2.90 bits per heavy atom. The van der Waals surface area contributed by atoms with Gasteiger partial charge in [0.2, 0.25) is 0 Å². The van der Waals surface area contributed by atoms with Crippen molar-refractivity contribution in [1.29, 1.82) is 0 Å². The van der Waals surface area contributed by atoms with Crippen LogP contribution in [-0.2, 0) is 25.9 Å². The predicted molar refractivity (Wildman–Crippen MR) is 78.6 cm³/mol. The minimum absolute atomic E-state index is 0.870. The number of aromatic nitrogens is 2. The van der Waals surface area contributed by atoms with Gasteiger partial charge in [0.25, 0.3) is 0 Å². The molecule has 4 heteroatoms. The van der Waals surface area contributed by atoms with Crippen molar-refractivity contribution in [2.75, 3.05) is 18.0 Å². The van der Waals surface area contributed by atoms with Crippen LogP contribution in [0.2, 0.25) is 0 Å². The van der Waals surface area contributed by atoms with E-state index in [4.69, 9.17) is 0 Å². The molecule has 2 aliphatic rings. The summed E-state index contributed by atoms with van der Waals surface area (Å²) in [5.74, 6) is 1.14. The zero-order chi connectivity index (χ0) is 13.4. The standard InChI is InChI=1S/C16H18N4/c1-2-4-13-10-20(8-6-12(13)3-1)16-14-5-7-17-9-15(14)18-11-19-16/h1-4,11,17H,5-10H2. The Kier molecular flexibility index (Phi) is 2.89. The van der Waals surface area contributed by atoms with Gasteiger partial charge in [0.15, 0.2) is 0 Å². The molecule has 0 amide bonds. The Bertz CT molecular complexity index is 638. The molecule has 0 fully saturated rings. The summed E-state index contributed by atoms with van der Waals surface area (Å²) in [6, 6.07) is 8.73. The largest absolute Gasteiger partial charge is 0.352 e. The molecule has 0 radical (unpaired) electrons. The first-order valence-corrected chi connectivity index (χ1v) is 7.27. The number of rotatable bonds is 1. The first-order valence-electron chi connectivity index (χ1n) is 7.27. The normalized spacial score (nSPS) is 17.5. The van der Waals surface area contributed by atoms with E-state index in [9.17, 15) is 0 Å². The van der Waals surface area contributed by atoms with E-state index < -0.39 is 0 Å². The Balaban J connectivity index is 1.70. The number of nitrogens with one attached hydrogen (secondary N) is 1. The minimum Gasteiger partial charge on any atom is -0.352 e. The van der Waals surface area contributed by atoms with Crippen LogP contribution in [0, 0.1) is 0 Å². The monoisotopic (exact) mass is 266 g/mol. The lowest BCUT2D eigenvalue weighted by atomic mass is 9.99. The molecule has 1 N–H and O–H groups in total. The first-order chi connectivity index (χ1) is 9.92. The highest BCUT2D eigenvalue weighted by molar-refractivity contribution is 5.52. The van der Waals surface area contributed by atoms with E-state index in [1.165, 1.54) is 22.4 Å². The first kappa shape index (κ1) is 11.9. The van der Waals surface area contributed by atoms with Gasteiger partial charge >= 0.3 is 0 Å². The van der Waals surface area contributed by atoms with Gasteiger partial charge in [-0.2, -0.15) is 0 Å². The SMILES string of the molecule is c1ccc2c(c1)CCN(c1ncnc3c1CCNC3)C2. The Morgan fingerprint density at radius 2 is 1.95 bits per heavy atom. The third-order valence-electron chi connectivity index (χ3n) is 4.29. The van der Waals surface area contributed by atoms with Crippen molar-refractivity contribution in [3.8, 4) is 0 Å². The van der Waals surface area contributed by atoms with Crippen molar-refractivity contribution in [3.63, 3.8) is 0 Å². The average molecular weight is 266 g/mol. The molecule has 4 nitrogen and oxygen atoms in total. The molecule has 3 heterocycles. The van der Waals surface area contributed by atoms with Gasteiger partial charge in [-0.3, -0.25) is 0 Å². The minimum atomic E-state index is 0.870. The highest BCUT2D eigenvalue weighted by Gasteiger charge is 2.22. The highest BCUT2D eigenvalue weighted by atomic mass is 15.2. The van der Waals surface area contributed by atoms with Crippen molar-refractivity contribution >= 4 is 5.82 Å². The maximum absolute atomic E-state index is 4.58. The molecule has 0 bridgehead atoms. The van der Waals surface area contributed by atoms with Gasteiger partial charge in [-0.15, -0.1) is 0 Å². The molecule has 0 atom stereocenters. The van der Waals surface area contributed by atoms with E-state index in [0.29, 0.717) is 0 Å². The molecular formula is C16H18N4. The lowest BCUT2D eigenvalue weighted by Crippen LogP contribution is -2.34. The molecule has 0 saturated heterocycles. The second-order valence-electron chi connectivity index (χ2n) is 5.49. The number of fused-ring (bicyclic) bond motifs is 2. The summed E-state index contributed by atoms with van der Waals surface area (Å²) in [4.78, 5) is 11.4.